The smallest absolute Gasteiger partial charge is 0.108 e. The molecule has 1 radical (unpaired) electrons. The first-order chi connectivity index (χ1) is 9.99. The van der Waals surface area contributed by atoms with Crippen LogP contribution in [0.15, 0.2) is 36.4 Å². The van der Waals surface area contributed by atoms with Gasteiger partial charge in [0.25, 0.3) is 0 Å². The predicted molar refractivity (Wildman–Crippen MR) is 93.1 cm³/mol. The van der Waals surface area contributed by atoms with Gasteiger partial charge in [0.15, 0.2) is 0 Å². The van der Waals surface area contributed by atoms with Crippen molar-refractivity contribution in [1.29, 1.82) is 0 Å². The number of carbonyl (C=O) groups excluding carboxylic acids is 1. The van der Waals surface area contributed by atoms with Crippen LogP contribution in [0.2, 0.25) is 0 Å². The molecule has 0 N–H and O–H groups in total. The molecule has 0 fully saturated rings. The largest absolute Gasteiger partial charge is 0.346 e. The van der Waals surface area contributed by atoms with Gasteiger partial charge in [-0.2, -0.15) is 6.42 Å². The molecule has 22 heavy (non-hydrogen) atoms. The Morgan fingerprint density at radius 1 is 1.18 bits per heavy atom. The average Bonchev–Trinajstić information content (AvgIpc) is 2.46. The van der Waals surface area contributed by atoms with Crippen LogP contribution >= 0.6 is 15.9 Å². The van der Waals surface area contributed by atoms with Crippen molar-refractivity contribution >= 4 is 21.7 Å². The maximum atomic E-state index is 12.3. The minimum absolute atomic E-state index is 0. The van der Waals surface area contributed by atoms with E-state index in [1.165, 1.54) is 0 Å². The minimum Gasteiger partial charge on any atom is -0.346 e. The van der Waals surface area contributed by atoms with Crippen LogP contribution in [0, 0.1) is 33.8 Å². The monoisotopic (exact) mass is 433 g/mol. The second kappa shape index (κ2) is 11.3. The number of hydrogen-bond donors (Lipinski definition) is 0. The van der Waals surface area contributed by atoms with Gasteiger partial charge in [-0.05, 0) is 23.4 Å². The van der Waals surface area contributed by atoms with Crippen molar-refractivity contribution in [2.75, 3.05) is 5.33 Å². The molecule has 2 aromatic rings. The molecule has 0 amide bonds. The average molecular weight is 434 g/mol. The normalized spacial score (nSPS) is 9.32. The van der Waals surface area contributed by atoms with Gasteiger partial charge < -0.3 is 11.7 Å². The molecule has 2 rings (SSSR count). The van der Waals surface area contributed by atoms with E-state index < -0.39 is 0 Å². The Balaban J connectivity index is 0.000000791. The number of carbonyl (C=O) groups is 1. The summed E-state index contributed by atoms with van der Waals surface area (Å²) in [5.74, 6) is 0.0508. The number of hydrogen-bond acceptors (Lipinski definition) is 1. The Morgan fingerprint density at radius 3 is 2.27 bits per heavy atom. The summed E-state index contributed by atoms with van der Waals surface area (Å²) in [7, 11) is 0. The van der Waals surface area contributed by atoms with Crippen LogP contribution in [0.25, 0.3) is 0 Å². The van der Waals surface area contributed by atoms with E-state index in [4.69, 9.17) is 0 Å². The second-order valence-electron chi connectivity index (χ2n) is 4.94. The fourth-order valence-electron chi connectivity index (χ4n) is 1.99. The van der Waals surface area contributed by atoms with Crippen molar-refractivity contribution in [3.63, 3.8) is 0 Å². The maximum Gasteiger partial charge on any atom is 0.108 e. The number of alkyl halides is 1. The van der Waals surface area contributed by atoms with Gasteiger partial charge in [-0.3, -0.25) is 0 Å². The molecule has 0 heterocycles. The molecule has 0 aliphatic rings. The fraction of sp³-hybridized carbons (Fsp3) is 0.263. The van der Waals surface area contributed by atoms with Crippen molar-refractivity contribution in [1.82, 2.24) is 0 Å². The second-order valence-corrected chi connectivity index (χ2v) is 5.73. The number of ketones is 1. The van der Waals surface area contributed by atoms with Gasteiger partial charge in [-0.1, -0.05) is 54.0 Å². The zero-order valence-corrected chi connectivity index (χ0v) is 17.9. The number of halogens is 1. The number of benzene rings is 2. The van der Waals surface area contributed by atoms with Crippen LogP contribution in [0.1, 0.15) is 39.0 Å². The van der Waals surface area contributed by atoms with Crippen molar-refractivity contribution in [3.8, 4) is 0 Å². The molecule has 0 unspecified atom stereocenters. The molecule has 0 atom stereocenters. The van der Waals surface area contributed by atoms with E-state index in [0.29, 0.717) is 5.56 Å². The Labute approximate surface area is 167 Å². The SMILES string of the molecule is Cc1[c-]c(C(=O)c2ccccc2C)cc(C)c1.[CH2-]CCBr.[Y]. The van der Waals surface area contributed by atoms with Gasteiger partial charge >= 0.3 is 0 Å². The van der Waals surface area contributed by atoms with E-state index in [9.17, 15) is 4.79 Å². The summed E-state index contributed by atoms with van der Waals surface area (Å²) < 4.78 is 0. The molecule has 0 bridgehead atoms. The molecule has 0 saturated carbocycles. The zero-order chi connectivity index (χ0) is 15.8. The molecule has 115 valence electrons. The molecule has 0 saturated heterocycles. The Kier molecular flexibility index (Phi) is 11.1. The van der Waals surface area contributed by atoms with E-state index in [1.54, 1.807) is 0 Å². The van der Waals surface area contributed by atoms with E-state index in [0.717, 1.165) is 34.0 Å². The first-order valence-corrected chi connectivity index (χ1v) is 8.07. The van der Waals surface area contributed by atoms with Gasteiger partial charge in [0.05, 0.1) is 0 Å². The summed E-state index contributed by atoms with van der Waals surface area (Å²) in [5, 5.41) is 1.02. The maximum absolute atomic E-state index is 12.3. The summed E-state index contributed by atoms with van der Waals surface area (Å²) in [6, 6.07) is 14.7. The van der Waals surface area contributed by atoms with Gasteiger partial charge in [-0.25, -0.2) is 0 Å². The van der Waals surface area contributed by atoms with Gasteiger partial charge in [0.2, 0.25) is 0 Å². The summed E-state index contributed by atoms with van der Waals surface area (Å²) >= 11 is 3.19. The summed E-state index contributed by atoms with van der Waals surface area (Å²) in [4.78, 5) is 12.3. The standard InChI is InChI=1S/C16H15O.C3H6Br.Y/c1-11-8-12(2)10-14(9-11)16(17)15-7-5-4-6-13(15)3;1-2-3-4;/h4-9H,1-3H3;1-3H2;/q2*-1;. The topological polar surface area (TPSA) is 17.1 Å². The van der Waals surface area contributed by atoms with E-state index in [1.807, 2.05) is 57.2 Å². The van der Waals surface area contributed by atoms with Gasteiger partial charge in [0, 0.05) is 32.7 Å². The Morgan fingerprint density at radius 2 is 1.77 bits per heavy atom. The van der Waals surface area contributed by atoms with E-state index in [2.05, 4.69) is 28.9 Å². The molecule has 1 nitrogen and oxygen atoms in total. The minimum atomic E-state index is 0. The Hall–Kier alpha value is -0.306. The summed E-state index contributed by atoms with van der Waals surface area (Å²) in [6.07, 6.45) is 0.986. The molecule has 0 spiro atoms. The van der Waals surface area contributed by atoms with Crippen LogP contribution in [-0.2, 0) is 32.7 Å². The predicted octanol–water partition coefficient (Wildman–Crippen LogP) is 5.25. The molecular weight excluding hydrogens is 413 g/mol. The quantitative estimate of drug-likeness (QED) is 0.367. The first kappa shape index (κ1) is 21.7. The number of rotatable bonds is 3. The molecular formula is C19H21BrOY-2. The molecule has 3 heteroatoms. The van der Waals surface area contributed by atoms with Crippen LogP contribution in [0.3, 0.4) is 0 Å². The summed E-state index contributed by atoms with van der Waals surface area (Å²) in [6.45, 7) is 9.47. The van der Waals surface area contributed by atoms with Gasteiger partial charge in [-0.15, -0.1) is 34.9 Å². The first-order valence-electron chi connectivity index (χ1n) is 6.95. The molecule has 0 aliphatic carbocycles. The zero-order valence-electron chi connectivity index (χ0n) is 13.4. The van der Waals surface area contributed by atoms with Crippen molar-refractivity contribution in [2.24, 2.45) is 0 Å². The molecule has 0 aliphatic heterocycles. The third kappa shape index (κ3) is 6.85. The third-order valence-corrected chi connectivity index (χ3v) is 3.48. The number of aryl methyl sites for hydroxylation is 3. The van der Waals surface area contributed by atoms with Crippen LogP contribution in [0.5, 0.6) is 0 Å². The Bertz CT molecular complexity index is 586. The fourth-order valence-corrected chi connectivity index (χ4v) is 1.99. The van der Waals surface area contributed by atoms with Crippen LogP contribution in [-0.4, -0.2) is 11.1 Å². The third-order valence-electron chi connectivity index (χ3n) is 2.92. The van der Waals surface area contributed by atoms with Crippen molar-refractivity contribution < 1.29 is 37.5 Å². The van der Waals surface area contributed by atoms with E-state index in [-0.39, 0.29) is 38.5 Å². The molecule has 0 aromatic heterocycles. The summed E-state index contributed by atoms with van der Waals surface area (Å²) in [5.41, 5.74) is 4.51. The van der Waals surface area contributed by atoms with Crippen LogP contribution in [0.4, 0.5) is 0 Å². The van der Waals surface area contributed by atoms with E-state index >= 15 is 0 Å². The molecule has 2 aromatic carbocycles. The van der Waals surface area contributed by atoms with Crippen molar-refractivity contribution in [2.45, 2.75) is 27.2 Å². The van der Waals surface area contributed by atoms with Crippen molar-refractivity contribution in [3.05, 3.63) is 77.2 Å². The van der Waals surface area contributed by atoms with Gasteiger partial charge in [0.1, 0.15) is 5.78 Å². The van der Waals surface area contributed by atoms with Crippen LogP contribution < -0.4 is 0 Å².